The summed E-state index contributed by atoms with van der Waals surface area (Å²) in [5.74, 6) is 0.101. The van der Waals surface area contributed by atoms with Crippen molar-refractivity contribution >= 4 is 38.9 Å². The first-order valence-electron chi connectivity index (χ1n) is 12.5. The fraction of sp³-hybridized carbons (Fsp3) is 0.520. The highest BCUT2D eigenvalue weighted by Crippen LogP contribution is 2.28. The summed E-state index contributed by atoms with van der Waals surface area (Å²) < 4.78 is 32.4. The van der Waals surface area contributed by atoms with E-state index in [1.807, 2.05) is 6.92 Å². The highest BCUT2D eigenvalue weighted by atomic mass is 32.2. The monoisotopic (exact) mass is 521 g/mol. The quantitative estimate of drug-likeness (QED) is 0.244. The average molecular weight is 522 g/mol. The number of aliphatic hydroxyl groups excluding tert-OH is 1. The van der Waals surface area contributed by atoms with Gasteiger partial charge in [-0.25, -0.2) is 13.4 Å². The number of hydrogen-bond acceptors (Lipinski definition) is 8. The number of sulfonamides is 1. The number of pyridine rings is 1. The number of carbonyl (C=O) groups is 1. The Morgan fingerprint density at radius 3 is 2.44 bits per heavy atom. The number of nitrogen functional groups attached to an aromatic ring is 1. The van der Waals surface area contributed by atoms with E-state index >= 15 is 0 Å². The van der Waals surface area contributed by atoms with Gasteiger partial charge in [0.15, 0.2) is 11.6 Å². The lowest BCUT2D eigenvalue weighted by Gasteiger charge is -2.27. The third kappa shape index (κ3) is 8.87. The van der Waals surface area contributed by atoms with Crippen LogP contribution >= 0.6 is 0 Å². The Morgan fingerprint density at radius 1 is 1.08 bits per heavy atom. The van der Waals surface area contributed by atoms with E-state index in [1.165, 1.54) is 6.07 Å². The maximum atomic E-state index is 13.3. The SMILES string of the molecule is CCCCCN(CCCC)c1cc(NS(=O)(=O)CCO)ccc1C(=O)Nc1ccc(OCC)c(N)n1. The topological polar surface area (TPSA) is 147 Å². The molecule has 0 fully saturated rings. The lowest BCUT2D eigenvalue weighted by Crippen LogP contribution is -2.29. The van der Waals surface area contributed by atoms with Crippen molar-refractivity contribution in [2.24, 2.45) is 0 Å². The van der Waals surface area contributed by atoms with Crippen LogP contribution in [0.15, 0.2) is 30.3 Å². The number of nitrogens with one attached hydrogen (secondary N) is 2. The first-order chi connectivity index (χ1) is 17.2. The predicted molar refractivity (Wildman–Crippen MR) is 145 cm³/mol. The second-order valence-corrected chi connectivity index (χ2v) is 10.2. The normalized spacial score (nSPS) is 11.2. The lowest BCUT2D eigenvalue weighted by molar-refractivity contribution is 0.102. The average Bonchev–Trinajstić information content (AvgIpc) is 2.82. The number of aromatic nitrogens is 1. The molecule has 1 amide bonds. The summed E-state index contributed by atoms with van der Waals surface area (Å²) in [7, 11) is -3.72. The first kappa shape index (κ1) is 29.2. The molecule has 11 heteroatoms. The molecular weight excluding hydrogens is 482 g/mol. The maximum absolute atomic E-state index is 13.3. The molecule has 200 valence electrons. The number of rotatable bonds is 16. The first-order valence-corrected chi connectivity index (χ1v) is 14.1. The largest absolute Gasteiger partial charge is 0.490 e. The minimum absolute atomic E-state index is 0.174. The predicted octanol–water partition coefficient (Wildman–Crippen LogP) is 3.85. The molecule has 0 aliphatic carbocycles. The Hall–Kier alpha value is -3.05. The van der Waals surface area contributed by atoms with Gasteiger partial charge in [-0.1, -0.05) is 33.1 Å². The van der Waals surface area contributed by atoms with Crippen molar-refractivity contribution in [3.05, 3.63) is 35.9 Å². The molecule has 0 saturated carbocycles. The Labute approximate surface area is 214 Å². The van der Waals surface area contributed by atoms with Crippen LogP contribution in [-0.2, 0) is 10.0 Å². The Kier molecular flexibility index (Phi) is 11.7. The summed E-state index contributed by atoms with van der Waals surface area (Å²) in [6.45, 7) is 7.48. The third-order valence-electron chi connectivity index (χ3n) is 5.46. The van der Waals surface area contributed by atoms with Gasteiger partial charge in [-0.15, -0.1) is 0 Å². The van der Waals surface area contributed by atoms with Crippen molar-refractivity contribution in [3.8, 4) is 5.75 Å². The van der Waals surface area contributed by atoms with E-state index in [0.717, 1.165) is 45.2 Å². The van der Waals surface area contributed by atoms with E-state index in [2.05, 4.69) is 33.8 Å². The molecule has 5 N–H and O–H groups in total. The number of nitrogens with zero attached hydrogens (tertiary/aromatic N) is 2. The number of aliphatic hydroxyl groups is 1. The van der Waals surface area contributed by atoms with E-state index in [1.54, 1.807) is 24.3 Å². The van der Waals surface area contributed by atoms with E-state index in [4.69, 9.17) is 15.6 Å². The molecule has 0 saturated heterocycles. The van der Waals surface area contributed by atoms with Crippen LogP contribution in [0.1, 0.15) is 63.2 Å². The van der Waals surface area contributed by atoms with Crippen LogP contribution in [0.4, 0.5) is 23.0 Å². The number of anilines is 4. The van der Waals surface area contributed by atoms with Gasteiger partial charge in [0.2, 0.25) is 10.0 Å². The Balaban J connectivity index is 2.43. The second kappa shape index (κ2) is 14.5. The smallest absolute Gasteiger partial charge is 0.258 e. The van der Waals surface area contributed by atoms with Gasteiger partial charge in [0, 0.05) is 13.1 Å². The van der Waals surface area contributed by atoms with Gasteiger partial charge in [0.25, 0.3) is 5.91 Å². The van der Waals surface area contributed by atoms with Gasteiger partial charge in [-0.05, 0) is 50.1 Å². The standard InChI is InChI=1S/C25H39N5O5S/c1-4-7-9-15-30(14-8-5-2)21-18-19(29-36(33,34)17-16-31)10-11-20(21)25(32)28-23-13-12-22(35-6-3)24(26)27-23/h10-13,18,29,31H,4-9,14-17H2,1-3H3,(H3,26,27,28,32). The van der Waals surface area contributed by atoms with Gasteiger partial charge in [-0.2, -0.15) is 0 Å². The summed E-state index contributed by atoms with van der Waals surface area (Å²) >= 11 is 0. The molecule has 2 aromatic rings. The fourth-order valence-corrected chi connectivity index (χ4v) is 4.48. The van der Waals surface area contributed by atoms with Crippen LogP contribution in [0.5, 0.6) is 5.75 Å². The van der Waals surface area contributed by atoms with E-state index < -0.39 is 22.4 Å². The van der Waals surface area contributed by atoms with Crippen molar-refractivity contribution in [2.45, 2.75) is 52.9 Å². The number of unbranched alkanes of at least 4 members (excludes halogenated alkanes) is 3. The van der Waals surface area contributed by atoms with Crippen LogP contribution in [0.25, 0.3) is 0 Å². The summed E-state index contributed by atoms with van der Waals surface area (Å²) in [5, 5.41) is 11.9. The molecule has 1 heterocycles. The van der Waals surface area contributed by atoms with Gasteiger partial charge >= 0.3 is 0 Å². The van der Waals surface area contributed by atoms with E-state index in [-0.39, 0.29) is 17.5 Å². The third-order valence-corrected chi connectivity index (χ3v) is 6.72. The molecule has 0 bridgehead atoms. The number of nitrogens with two attached hydrogens (primary N) is 1. The van der Waals surface area contributed by atoms with Crippen LogP contribution < -0.4 is 25.4 Å². The maximum Gasteiger partial charge on any atom is 0.258 e. The molecule has 36 heavy (non-hydrogen) atoms. The zero-order valence-electron chi connectivity index (χ0n) is 21.4. The Bertz CT molecular complexity index is 1090. The van der Waals surface area contributed by atoms with Gasteiger partial charge in [0.1, 0.15) is 5.82 Å². The molecule has 0 aliphatic heterocycles. The lowest BCUT2D eigenvalue weighted by atomic mass is 10.1. The van der Waals surface area contributed by atoms with Gasteiger partial charge in [0.05, 0.1) is 35.9 Å². The zero-order valence-corrected chi connectivity index (χ0v) is 22.2. The van der Waals surface area contributed by atoms with Crippen molar-refractivity contribution in [3.63, 3.8) is 0 Å². The van der Waals surface area contributed by atoms with Gasteiger partial charge < -0.3 is 25.8 Å². The molecule has 0 aliphatic rings. The zero-order chi connectivity index (χ0) is 26.6. The summed E-state index contributed by atoms with van der Waals surface area (Å²) in [6, 6.07) is 8.08. The molecule has 0 unspecified atom stereocenters. The fourth-order valence-electron chi connectivity index (χ4n) is 3.65. The van der Waals surface area contributed by atoms with Crippen molar-refractivity contribution in [1.82, 2.24) is 4.98 Å². The molecule has 0 spiro atoms. The molecule has 1 aromatic carbocycles. The minimum atomic E-state index is -3.72. The molecular formula is C25H39N5O5S. The number of carbonyl (C=O) groups excluding carboxylic acids is 1. The van der Waals surface area contributed by atoms with E-state index in [0.29, 0.717) is 29.3 Å². The van der Waals surface area contributed by atoms with E-state index in [9.17, 15) is 13.2 Å². The Morgan fingerprint density at radius 2 is 1.81 bits per heavy atom. The number of ether oxygens (including phenoxy) is 1. The highest BCUT2D eigenvalue weighted by Gasteiger charge is 2.20. The molecule has 1 aromatic heterocycles. The number of benzene rings is 1. The summed E-state index contributed by atoms with van der Waals surface area (Å²) in [5.41, 5.74) is 7.29. The number of amides is 1. The van der Waals surface area contributed by atoms with Crippen molar-refractivity contribution < 1.29 is 23.1 Å². The van der Waals surface area contributed by atoms with Crippen molar-refractivity contribution in [1.29, 1.82) is 0 Å². The van der Waals surface area contributed by atoms with Crippen LogP contribution in [-0.4, -0.2) is 56.5 Å². The minimum Gasteiger partial charge on any atom is -0.490 e. The molecule has 0 atom stereocenters. The van der Waals surface area contributed by atoms with Gasteiger partial charge in [-0.3, -0.25) is 9.52 Å². The van der Waals surface area contributed by atoms with Crippen LogP contribution in [0.3, 0.4) is 0 Å². The molecule has 0 radical (unpaired) electrons. The molecule has 2 rings (SSSR count). The molecule has 10 nitrogen and oxygen atoms in total. The van der Waals surface area contributed by atoms with Crippen LogP contribution in [0.2, 0.25) is 0 Å². The number of hydrogen-bond donors (Lipinski definition) is 4. The second-order valence-electron chi connectivity index (χ2n) is 8.39. The summed E-state index contributed by atoms with van der Waals surface area (Å²) in [6.07, 6.45) is 4.94. The summed E-state index contributed by atoms with van der Waals surface area (Å²) in [4.78, 5) is 19.7. The van der Waals surface area contributed by atoms with Crippen LogP contribution in [0, 0.1) is 0 Å². The van der Waals surface area contributed by atoms with Crippen molar-refractivity contribution in [2.75, 3.05) is 52.7 Å². The highest BCUT2D eigenvalue weighted by molar-refractivity contribution is 7.92.